The normalized spacial score (nSPS) is 15.5. The molecule has 0 N–H and O–H groups in total. The number of rotatable bonds is 10. The SMILES string of the molecule is C[n+]1cccnc1SCCC(F)(F)C(F)(F)C(F)(F)C(F)(F)C(F)(F)C(F)(F)C(F)(F)C(F)(F)F. The smallest absolute Gasteiger partial charge is 0.228 e. The van der Waals surface area contributed by atoms with Crippen LogP contribution >= 0.6 is 11.8 Å². The first kappa shape index (κ1) is 31.3. The predicted molar refractivity (Wildman–Crippen MR) is 81.4 cm³/mol. The molecule has 0 aromatic carbocycles. The molecule has 1 heterocycles. The monoisotopic (exact) mass is 573 g/mol. The molecule has 2 nitrogen and oxygen atoms in total. The summed E-state index contributed by atoms with van der Waals surface area (Å²) in [5.41, 5.74) is 0. The van der Waals surface area contributed by atoms with Gasteiger partial charge in [0.1, 0.15) is 6.20 Å². The van der Waals surface area contributed by atoms with Crippen molar-refractivity contribution < 1.29 is 79.2 Å². The molecular formula is C15H10F17N2S+. The van der Waals surface area contributed by atoms with Crippen molar-refractivity contribution in [3.8, 4) is 0 Å². The van der Waals surface area contributed by atoms with Gasteiger partial charge in [-0.15, -0.1) is 0 Å². The molecule has 0 saturated heterocycles. The summed E-state index contributed by atoms with van der Waals surface area (Å²) in [6.45, 7) is 0. The summed E-state index contributed by atoms with van der Waals surface area (Å²) in [6.07, 6.45) is -8.00. The van der Waals surface area contributed by atoms with Crippen molar-refractivity contribution in [2.45, 2.75) is 59.2 Å². The van der Waals surface area contributed by atoms with Crippen LogP contribution in [0.3, 0.4) is 0 Å². The summed E-state index contributed by atoms with van der Waals surface area (Å²) in [7, 11) is 1.23. The van der Waals surface area contributed by atoms with Gasteiger partial charge in [0.05, 0.1) is 13.2 Å². The van der Waals surface area contributed by atoms with E-state index in [1.165, 1.54) is 19.3 Å². The number of hydrogen-bond donors (Lipinski definition) is 0. The van der Waals surface area contributed by atoms with E-state index in [4.69, 9.17) is 0 Å². The van der Waals surface area contributed by atoms with Crippen LogP contribution in [-0.4, -0.2) is 58.4 Å². The maximum absolute atomic E-state index is 13.8. The quantitative estimate of drug-likeness (QED) is 0.140. The predicted octanol–water partition coefficient (Wildman–Crippen LogP) is 6.40. The molecule has 0 aliphatic rings. The van der Waals surface area contributed by atoms with Gasteiger partial charge in [-0.2, -0.15) is 74.6 Å². The van der Waals surface area contributed by atoms with Crippen LogP contribution in [-0.2, 0) is 7.05 Å². The van der Waals surface area contributed by atoms with Gasteiger partial charge < -0.3 is 0 Å². The first-order chi connectivity index (χ1) is 15.2. The van der Waals surface area contributed by atoms with Crippen LogP contribution in [0.1, 0.15) is 6.42 Å². The molecule has 1 aromatic heterocycles. The Hall–Kier alpha value is -1.76. The molecule has 0 radical (unpaired) electrons. The number of nitrogens with zero attached hydrogens (tertiary/aromatic N) is 2. The van der Waals surface area contributed by atoms with Crippen molar-refractivity contribution in [3.63, 3.8) is 0 Å². The Morgan fingerprint density at radius 3 is 1.46 bits per heavy atom. The van der Waals surface area contributed by atoms with Crippen molar-refractivity contribution in [1.29, 1.82) is 0 Å². The van der Waals surface area contributed by atoms with Crippen LogP contribution in [0, 0.1) is 0 Å². The third-order valence-corrected chi connectivity index (χ3v) is 5.38. The molecule has 0 amide bonds. The number of aryl methyl sites for hydroxylation is 1. The standard InChI is InChI=1S/C15H10F17N2S/c1-34-5-2-4-33-7(34)35-6-3-8(16,17)9(18,19)10(20,21)11(22,23)12(24,25)13(26,27)14(28,29)15(30,31)32/h2,4-5H,3,6H2,1H3/q+1. The summed E-state index contributed by atoms with van der Waals surface area (Å²) in [5.74, 6) is -57.5. The highest BCUT2D eigenvalue weighted by Gasteiger charge is 2.95. The first-order valence-corrected chi connectivity index (χ1v) is 9.37. The van der Waals surface area contributed by atoms with Crippen molar-refractivity contribution >= 4 is 11.8 Å². The fraction of sp³-hybridized carbons (Fsp3) is 0.733. The zero-order chi connectivity index (χ0) is 28.1. The third kappa shape index (κ3) is 4.70. The Labute approximate surface area is 187 Å². The second-order valence-corrected chi connectivity index (χ2v) is 7.82. The van der Waals surface area contributed by atoms with Crippen molar-refractivity contribution in [2.75, 3.05) is 5.75 Å². The molecule has 204 valence electrons. The van der Waals surface area contributed by atoms with Crippen LogP contribution in [0.4, 0.5) is 74.6 Å². The van der Waals surface area contributed by atoms with E-state index >= 15 is 0 Å². The minimum Gasteiger partial charge on any atom is -0.228 e. The number of aromatic nitrogens is 2. The maximum Gasteiger partial charge on any atom is 0.460 e. The zero-order valence-electron chi connectivity index (χ0n) is 16.4. The molecule has 0 saturated carbocycles. The summed E-state index contributed by atoms with van der Waals surface area (Å²) < 4.78 is 225. The van der Waals surface area contributed by atoms with Crippen molar-refractivity contribution in [1.82, 2.24) is 4.98 Å². The lowest BCUT2D eigenvalue weighted by molar-refractivity contribution is -0.713. The molecule has 0 bridgehead atoms. The second kappa shape index (κ2) is 8.97. The molecule has 0 aliphatic heterocycles. The summed E-state index contributed by atoms with van der Waals surface area (Å²) in [4.78, 5) is 3.53. The lowest BCUT2D eigenvalue weighted by Gasteiger charge is -2.42. The van der Waals surface area contributed by atoms with Gasteiger partial charge in [0.25, 0.3) is 0 Å². The molecule has 0 aliphatic carbocycles. The first-order valence-electron chi connectivity index (χ1n) is 8.39. The average Bonchev–Trinajstić information content (AvgIpc) is 2.67. The van der Waals surface area contributed by atoms with Gasteiger partial charge >= 0.3 is 52.8 Å². The number of hydrogen-bond acceptors (Lipinski definition) is 2. The van der Waals surface area contributed by atoms with E-state index in [1.54, 1.807) is 0 Å². The van der Waals surface area contributed by atoms with Crippen LogP contribution in [0.2, 0.25) is 0 Å². The van der Waals surface area contributed by atoms with Gasteiger partial charge in [-0.3, -0.25) is 0 Å². The van der Waals surface area contributed by atoms with E-state index in [0.717, 1.165) is 10.8 Å². The van der Waals surface area contributed by atoms with E-state index in [2.05, 4.69) is 4.98 Å². The number of halogens is 17. The van der Waals surface area contributed by atoms with E-state index in [9.17, 15) is 74.6 Å². The molecule has 20 heteroatoms. The van der Waals surface area contributed by atoms with Gasteiger partial charge in [0, 0.05) is 18.2 Å². The molecule has 0 fully saturated rings. The zero-order valence-corrected chi connectivity index (χ0v) is 17.2. The van der Waals surface area contributed by atoms with Crippen LogP contribution < -0.4 is 4.57 Å². The van der Waals surface area contributed by atoms with E-state index in [-0.39, 0.29) is 16.9 Å². The molecular weight excluding hydrogens is 563 g/mol. The van der Waals surface area contributed by atoms with E-state index in [0.29, 0.717) is 0 Å². The highest BCUT2D eigenvalue weighted by Crippen LogP contribution is 2.64. The summed E-state index contributed by atoms with van der Waals surface area (Å²) in [6, 6.07) is 1.29. The molecule has 1 aromatic rings. The fourth-order valence-electron chi connectivity index (χ4n) is 2.19. The molecule has 1 rings (SSSR count). The maximum atomic E-state index is 13.8. The van der Waals surface area contributed by atoms with Crippen LogP contribution in [0.25, 0.3) is 0 Å². The van der Waals surface area contributed by atoms with E-state index in [1.807, 2.05) is 0 Å². The van der Waals surface area contributed by atoms with Crippen LogP contribution in [0.15, 0.2) is 23.6 Å². The minimum atomic E-state index is -8.61. The Balaban J connectivity index is 3.37. The molecule has 0 atom stereocenters. The Morgan fingerprint density at radius 2 is 1.06 bits per heavy atom. The number of thioether (sulfide) groups is 1. The summed E-state index contributed by atoms with van der Waals surface area (Å²) in [5, 5.41) is -0.232. The highest BCUT2D eigenvalue weighted by atomic mass is 32.2. The van der Waals surface area contributed by atoms with Gasteiger partial charge in [-0.25, -0.2) is 4.57 Å². The third-order valence-electron chi connectivity index (χ3n) is 4.32. The lowest BCUT2D eigenvalue weighted by Crippen LogP contribution is -2.74. The fourth-order valence-corrected chi connectivity index (χ4v) is 3.13. The molecule has 0 spiro atoms. The largest absolute Gasteiger partial charge is 0.460 e. The Morgan fingerprint density at radius 1 is 0.657 bits per heavy atom. The van der Waals surface area contributed by atoms with Crippen molar-refractivity contribution in [3.05, 3.63) is 18.5 Å². The molecule has 35 heavy (non-hydrogen) atoms. The summed E-state index contributed by atoms with van der Waals surface area (Å²) >= 11 is 0.138. The topological polar surface area (TPSA) is 16.8 Å². The number of alkyl halides is 17. The highest BCUT2D eigenvalue weighted by molar-refractivity contribution is 7.99. The molecule has 0 unspecified atom stereocenters. The second-order valence-electron chi connectivity index (χ2n) is 6.76. The van der Waals surface area contributed by atoms with Gasteiger partial charge in [0.2, 0.25) is 0 Å². The lowest BCUT2D eigenvalue weighted by atomic mass is 9.88. The van der Waals surface area contributed by atoms with Gasteiger partial charge in [-0.05, 0) is 16.7 Å². The van der Waals surface area contributed by atoms with Crippen molar-refractivity contribution in [2.24, 2.45) is 7.05 Å². The van der Waals surface area contributed by atoms with Gasteiger partial charge in [0.15, 0.2) is 0 Å². The Kier molecular flexibility index (Phi) is 8.01. The minimum absolute atomic E-state index is 0.138. The van der Waals surface area contributed by atoms with Gasteiger partial charge in [-0.1, -0.05) is 0 Å². The van der Waals surface area contributed by atoms with E-state index < -0.39 is 59.8 Å². The Bertz CT molecular complexity index is 896. The van der Waals surface area contributed by atoms with Crippen LogP contribution in [0.5, 0.6) is 0 Å². The average molecular weight is 573 g/mol.